The lowest BCUT2D eigenvalue weighted by molar-refractivity contribution is -0.384. The normalized spacial score (nSPS) is 18.9. The van der Waals surface area contributed by atoms with Gasteiger partial charge in [0.1, 0.15) is 5.69 Å². The molecule has 0 spiro atoms. The number of nitro benzene ring substituents is 1. The zero-order valence-corrected chi connectivity index (χ0v) is 12.9. The number of anilines is 1. The van der Waals surface area contributed by atoms with Gasteiger partial charge in [-0.3, -0.25) is 10.1 Å². The van der Waals surface area contributed by atoms with Crippen molar-refractivity contribution in [2.24, 2.45) is 0 Å². The molecule has 1 aromatic rings. The van der Waals surface area contributed by atoms with Crippen LogP contribution < -0.4 is 15.4 Å². The molecule has 1 saturated heterocycles. The first-order valence-corrected chi connectivity index (χ1v) is 8.20. The van der Waals surface area contributed by atoms with Crippen LogP contribution in [0.25, 0.3) is 0 Å². The van der Waals surface area contributed by atoms with Crippen molar-refractivity contribution < 1.29 is 18.1 Å². The highest BCUT2D eigenvalue weighted by Gasteiger charge is 2.21. The second-order valence-electron chi connectivity index (χ2n) is 4.72. The van der Waals surface area contributed by atoms with Gasteiger partial charge in [-0.1, -0.05) is 0 Å². The first-order valence-electron chi connectivity index (χ1n) is 6.72. The lowest BCUT2D eigenvalue weighted by Crippen LogP contribution is -2.42. The van der Waals surface area contributed by atoms with Crippen molar-refractivity contribution in [1.82, 2.24) is 10.0 Å². The topological polar surface area (TPSA) is 123 Å². The molecule has 10 heteroatoms. The summed E-state index contributed by atoms with van der Waals surface area (Å²) in [5, 5.41) is 17.2. The Bertz CT molecular complexity index is 643. The third-order valence-electron chi connectivity index (χ3n) is 3.27. The van der Waals surface area contributed by atoms with Gasteiger partial charge in [-0.2, -0.15) is 0 Å². The maximum absolute atomic E-state index is 11.7. The van der Waals surface area contributed by atoms with Gasteiger partial charge < -0.3 is 15.4 Å². The molecule has 9 nitrogen and oxygen atoms in total. The van der Waals surface area contributed by atoms with E-state index in [9.17, 15) is 18.5 Å². The summed E-state index contributed by atoms with van der Waals surface area (Å²) in [5.74, 6) is 0. The van der Waals surface area contributed by atoms with Gasteiger partial charge in [0.2, 0.25) is 10.0 Å². The second kappa shape index (κ2) is 7.01. The predicted octanol–water partition coefficient (Wildman–Crippen LogP) is -0.0968. The van der Waals surface area contributed by atoms with E-state index >= 15 is 0 Å². The molecule has 22 heavy (non-hydrogen) atoms. The Morgan fingerprint density at radius 3 is 2.86 bits per heavy atom. The number of ether oxygens (including phenoxy) is 1. The molecule has 1 atom stereocenters. The zero-order chi connectivity index (χ0) is 16.2. The maximum Gasteiger partial charge on any atom is 0.293 e. The monoisotopic (exact) mass is 330 g/mol. The minimum absolute atomic E-state index is 0.0888. The number of sulfonamides is 1. The van der Waals surface area contributed by atoms with Gasteiger partial charge in [0, 0.05) is 25.7 Å². The standard InChI is InChI=1S/C12H18N4O5S/c1-13-22(19,20)10-2-3-11(12(6-10)16(17)18)15-8-9-7-14-4-5-21-9/h2-3,6,9,13-15H,4-5,7-8H2,1H3. The largest absolute Gasteiger partial charge is 0.377 e. The fourth-order valence-electron chi connectivity index (χ4n) is 2.07. The van der Waals surface area contributed by atoms with Crippen molar-refractivity contribution in [2.45, 2.75) is 11.0 Å². The molecule has 1 aromatic carbocycles. The fourth-order valence-corrected chi connectivity index (χ4v) is 2.82. The van der Waals surface area contributed by atoms with Crippen molar-refractivity contribution in [3.8, 4) is 0 Å². The average Bonchev–Trinajstić information content (AvgIpc) is 2.53. The number of benzene rings is 1. The molecule has 1 fully saturated rings. The Hall–Kier alpha value is -1.75. The van der Waals surface area contributed by atoms with Crippen LogP contribution in [-0.2, 0) is 14.8 Å². The molecule has 0 aliphatic carbocycles. The summed E-state index contributed by atoms with van der Waals surface area (Å²) in [6.07, 6.45) is -0.0888. The summed E-state index contributed by atoms with van der Waals surface area (Å²) in [4.78, 5) is 10.4. The SMILES string of the molecule is CNS(=O)(=O)c1ccc(NCC2CNCCO2)c([N+](=O)[O-])c1. The maximum atomic E-state index is 11.7. The van der Waals surface area contributed by atoms with Crippen LogP contribution in [0.2, 0.25) is 0 Å². The van der Waals surface area contributed by atoms with Gasteiger partial charge in [-0.25, -0.2) is 13.1 Å². The Labute approximate surface area is 128 Å². The third kappa shape index (κ3) is 3.91. The molecule has 0 saturated carbocycles. The van der Waals surface area contributed by atoms with Gasteiger partial charge in [0.25, 0.3) is 5.69 Å². The van der Waals surface area contributed by atoms with Crippen molar-refractivity contribution in [3.05, 3.63) is 28.3 Å². The first kappa shape index (κ1) is 16.6. The Morgan fingerprint density at radius 2 is 2.27 bits per heavy atom. The molecule has 2 rings (SSSR count). The number of rotatable bonds is 6. The number of hydrogen-bond donors (Lipinski definition) is 3. The number of morpholine rings is 1. The minimum Gasteiger partial charge on any atom is -0.377 e. The Morgan fingerprint density at radius 1 is 1.50 bits per heavy atom. The fraction of sp³-hybridized carbons (Fsp3) is 0.500. The lowest BCUT2D eigenvalue weighted by Gasteiger charge is -2.24. The van der Waals surface area contributed by atoms with Crippen LogP contribution in [0.5, 0.6) is 0 Å². The van der Waals surface area contributed by atoms with E-state index in [4.69, 9.17) is 4.74 Å². The molecule has 1 aliphatic rings. The van der Waals surface area contributed by atoms with E-state index in [1.54, 1.807) is 0 Å². The van der Waals surface area contributed by atoms with E-state index in [0.29, 0.717) is 19.7 Å². The molecule has 1 unspecified atom stereocenters. The van der Waals surface area contributed by atoms with Gasteiger partial charge >= 0.3 is 0 Å². The van der Waals surface area contributed by atoms with Crippen LogP contribution in [-0.4, -0.2) is 52.7 Å². The number of nitrogens with one attached hydrogen (secondary N) is 3. The van der Waals surface area contributed by atoms with E-state index in [1.807, 2.05) is 0 Å². The van der Waals surface area contributed by atoms with Gasteiger partial charge in [0.15, 0.2) is 0 Å². The van der Waals surface area contributed by atoms with E-state index in [-0.39, 0.29) is 22.4 Å². The average molecular weight is 330 g/mol. The first-order chi connectivity index (χ1) is 10.4. The highest BCUT2D eigenvalue weighted by atomic mass is 32.2. The minimum atomic E-state index is -3.72. The van der Waals surface area contributed by atoms with Crippen LogP contribution in [0.15, 0.2) is 23.1 Å². The summed E-state index contributed by atoms with van der Waals surface area (Å²) in [6, 6.07) is 3.74. The number of nitrogens with zero attached hydrogens (tertiary/aromatic N) is 1. The smallest absolute Gasteiger partial charge is 0.293 e. The molecular formula is C12H18N4O5S. The van der Waals surface area contributed by atoms with E-state index in [2.05, 4.69) is 15.4 Å². The van der Waals surface area contributed by atoms with Crippen LogP contribution in [0.1, 0.15) is 0 Å². The molecule has 122 valence electrons. The zero-order valence-electron chi connectivity index (χ0n) is 12.0. The quantitative estimate of drug-likeness (QED) is 0.492. The van der Waals surface area contributed by atoms with Crippen molar-refractivity contribution in [2.75, 3.05) is 38.6 Å². The summed E-state index contributed by atoms with van der Waals surface area (Å²) >= 11 is 0. The van der Waals surface area contributed by atoms with Crippen LogP contribution in [0.3, 0.4) is 0 Å². The molecule has 1 aliphatic heterocycles. The van der Waals surface area contributed by atoms with Gasteiger partial charge in [-0.15, -0.1) is 0 Å². The molecule has 0 amide bonds. The molecule has 3 N–H and O–H groups in total. The summed E-state index contributed by atoms with van der Waals surface area (Å²) in [7, 11) is -2.47. The molecule has 0 aromatic heterocycles. The van der Waals surface area contributed by atoms with Gasteiger partial charge in [-0.05, 0) is 19.2 Å². The van der Waals surface area contributed by atoms with Gasteiger partial charge in [0.05, 0.1) is 22.5 Å². The van der Waals surface area contributed by atoms with E-state index in [0.717, 1.165) is 12.6 Å². The Balaban J connectivity index is 2.18. The highest BCUT2D eigenvalue weighted by molar-refractivity contribution is 7.89. The molecule has 0 radical (unpaired) electrons. The van der Waals surface area contributed by atoms with Crippen molar-refractivity contribution >= 4 is 21.4 Å². The summed E-state index contributed by atoms with van der Waals surface area (Å²) in [6.45, 7) is 2.43. The second-order valence-corrected chi connectivity index (χ2v) is 6.61. The van der Waals surface area contributed by atoms with Crippen molar-refractivity contribution in [1.29, 1.82) is 0 Å². The van der Waals surface area contributed by atoms with E-state index in [1.165, 1.54) is 19.2 Å². The van der Waals surface area contributed by atoms with Crippen LogP contribution in [0, 0.1) is 10.1 Å². The molecule has 1 heterocycles. The van der Waals surface area contributed by atoms with E-state index < -0.39 is 14.9 Å². The van der Waals surface area contributed by atoms with Crippen molar-refractivity contribution in [3.63, 3.8) is 0 Å². The number of nitro groups is 1. The lowest BCUT2D eigenvalue weighted by atomic mass is 10.2. The van der Waals surface area contributed by atoms with Crippen LogP contribution >= 0.6 is 0 Å². The predicted molar refractivity (Wildman–Crippen MR) is 80.4 cm³/mol. The van der Waals surface area contributed by atoms with Crippen LogP contribution in [0.4, 0.5) is 11.4 Å². The Kier molecular flexibility index (Phi) is 5.29. The summed E-state index contributed by atoms with van der Waals surface area (Å²) in [5.41, 5.74) is -0.0330. The summed E-state index contributed by atoms with van der Waals surface area (Å²) < 4.78 is 31.0. The molecular weight excluding hydrogens is 312 g/mol. The molecule has 0 bridgehead atoms. The highest BCUT2D eigenvalue weighted by Crippen LogP contribution is 2.27. The third-order valence-corrected chi connectivity index (χ3v) is 4.68. The number of hydrogen-bond acceptors (Lipinski definition) is 7.